The number of nitrogens with one attached hydrogen (secondary N) is 2. The van der Waals surface area contributed by atoms with Crippen molar-refractivity contribution in [2.24, 2.45) is 5.73 Å². The number of amides is 1. The van der Waals surface area contributed by atoms with Crippen LogP contribution in [0.15, 0.2) is 36.0 Å². The van der Waals surface area contributed by atoms with E-state index >= 15 is 0 Å². The number of carbonyl (C=O) groups excluding carboxylic acids is 1. The summed E-state index contributed by atoms with van der Waals surface area (Å²) < 4.78 is 0. The van der Waals surface area contributed by atoms with Crippen LogP contribution in [0, 0.1) is 11.3 Å². The van der Waals surface area contributed by atoms with Gasteiger partial charge >= 0.3 is 0 Å². The predicted molar refractivity (Wildman–Crippen MR) is 78.6 cm³/mol. The molecule has 1 aromatic rings. The Hall–Kier alpha value is -2.03. The van der Waals surface area contributed by atoms with E-state index in [1.165, 1.54) is 6.20 Å². The van der Waals surface area contributed by atoms with Crippen LogP contribution >= 0.6 is 11.6 Å². The third kappa shape index (κ3) is 5.31. The third-order valence-electron chi connectivity index (χ3n) is 2.52. The lowest BCUT2D eigenvalue weighted by molar-refractivity contribution is -0.117. The fourth-order valence-electron chi connectivity index (χ4n) is 1.54. The van der Waals surface area contributed by atoms with Crippen molar-refractivity contribution in [1.82, 2.24) is 10.6 Å². The SMILES string of the molecule is N#C/C(=C/NCc1cccc(CN)c1)C(=O)NCCCl. The molecule has 0 aliphatic rings. The number of carbonyl (C=O) groups is 1. The lowest BCUT2D eigenvalue weighted by atomic mass is 10.1. The minimum absolute atomic E-state index is 0.0186. The third-order valence-corrected chi connectivity index (χ3v) is 2.71. The first kappa shape index (κ1) is 16.0. The second-order valence-corrected chi connectivity index (χ2v) is 4.40. The Balaban J connectivity index is 2.57. The van der Waals surface area contributed by atoms with Crippen molar-refractivity contribution in [3.8, 4) is 6.07 Å². The summed E-state index contributed by atoms with van der Waals surface area (Å²) in [5.41, 5.74) is 7.65. The van der Waals surface area contributed by atoms with Crippen LogP contribution < -0.4 is 16.4 Å². The molecular formula is C14H17ClN4O. The highest BCUT2D eigenvalue weighted by Gasteiger charge is 2.07. The zero-order valence-corrected chi connectivity index (χ0v) is 11.8. The standard InChI is InChI=1S/C14H17ClN4O/c15-4-5-19-14(20)13(8-17)10-18-9-12-3-1-2-11(6-12)7-16/h1-3,6,10,18H,4-5,7,9,16H2,(H,19,20)/b13-10-. The maximum absolute atomic E-state index is 11.6. The van der Waals surface area contributed by atoms with E-state index in [0.717, 1.165) is 11.1 Å². The molecule has 0 saturated carbocycles. The monoisotopic (exact) mass is 292 g/mol. The zero-order valence-electron chi connectivity index (χ0n) is 11.0. The van der Waals surface area contributed by atoms with Crippen LogP contribution in [-0.4, -0.2) is 18.3 Å². The molecule has 0 aliphatic carbocycles. The summed E-state index contributed by atoms with van der Waals surface area (Å²) in [6, 6.07) is 9.62. The molecule has 0 aliphatic heterocycles. The van der Waals surface area contributed by atoms with Crippen molar-refractivity contribution >= 4 is 17.5 Å². The number of nitrogens with zero attached hydrogens (tertiary/aromatic N) is 1. The van der Waals surface area contributed by atoms with E-state index in [2.05, 4.69) is 10.6 Å². The molecule has 5 nitrogen and oxygen atoms in total. The number of benzene rings is 1. The maximum atomic E-state index is 11.6. The Morgan fingerprint density at radius 3 is 2.85 bits per heavy atom. The van der Waals surface area contributed by atoms with Crippen molar-refractivity contribution in [1.29, 1.82) is 5.26 Å². The fraction of sp³-hybridized carbons (Fsp3) is 0.286. The van der Waals surface area contributed by atoms with Gasteiger partial charge in [-0.25, -0.2) is 0 Å². The molecule has 1 aromatic carbocycles. The lowest BCUT2D eigenvalue weighted by Gasteiger charge is -2.05. The quantitative estimate of drug-likeness (QED) is 0.397. The van der Waals surface area contributed by atoms with E-state index in [-0.39, 0.29) is 5.57 Å². The number of nitriles is 1. The summed E-state index contributed by atoms with van der Waals surface area (Å²) in [5.74, 6) is -0.125. The highest BCUT2D eigenvalue weighted by atomic mass is 35.5. The molecule has 0 aromatic heterocycles. The molecule has 0 fully saturated rings. The molecule has 0 atom stereocenters. The predicted octanol–water partition coefficient (Wildman–Crippen LogP) is 0.997. The van der Waals surface area contributed by atoms with Crippen LogP contribution in [0.4, 0.5) is 0 Å². The molecule has 20 heavy (non-hydrogen) atoms. The smallest absolute Gasteiger partial charge is 0.263 e. The summed E-state index contributed by atoms with van der Waals surface area (Å²) >= 11 is 5.46. The minimum atomic E-state index is -0.434. The summed E-state index contributed by atoms with van der Waals surface area (Å²) in [4.78, 5) is 11.6. The number of alkyl halides is 1. The zero-order chi connectivity index (χ0) is 14.8. The Labute approximate surface area is 123 Å². The van der Waals surface area contributed by atoms with Crippen LogP contribution in [-0.2, 0) is 17.9 Å². The van der Waals surface area contributed by atoms with Gasteiger partial charge in [-0.05, 0) is 11.1 Å². The molecule has 4 N–H and O–H groups in total. The Bertz CT molecular complexity index is 522. The van der Waals surface area contributed by atoms with Crippen molar-refractivity contribution < 1.29 is 4.79 Å². The van der Waals surface area contributed by atoms with Crippen molar-refractivity contribution in [3.63, 3.8) is 0 Å². The first-order valence-corrected chi connectivity index (χ1v) is 6.70. The van der Waals surface area contributed by atoms with Crippen LogP contribution in [0.3, 0.4) is 0 Å². The molecule has 0 spiro atoms. The van der Waals surface area contributed by atoms with Crippen LogP contribution in [0.25, 0.3) is 0 Å². The van der Waals surface area contributed by atoms with E-state index in [9.17, 15) is 4.79 Å². The van der Waals surface area contributed by atoms with Crippen molar-refractivity contribution in [3.05, 3.63) is 47.2 Å². The summed E-state index contributed by atoms with van der Waals surface area (Å²) in [6.07, 6.45) is 1.40. The molecule has 1 rings (SSSR count). The Kier molecular flexibility index (Phi) is 7.18. The largest absolute Gasteiger partial charge is 0.386 e. The van der Waals surface area contributed by atoms with Gasteiger partial charge in [0.1, 0.15) is 11.6 Å². The van der Waals surface area contributed by atoms with Gasteiger partial charge in [-0.15, -0.1) is 11.6 Å². The topological polar surface area (TPSA) is 90.9 Å². The van der Waals surface area contributed by atoms with Gasteiger partial charge in [-0.1, -0.05) is 24.3 Å². The number of hydrogen-bond acceptors (Lipinski definition) is 4. The maximum Gasteiger partial charge on any atom is 0.263 e. The normalized spacial score (nSPS) is 10.8. The van der Waals surface area contributed by atoms with Crippen LogP contribution in [0.5, 0.6) is 0 Å². The van der Waals surface area contributed by atoms with Gasteiger partial charge in [0, 0.05) is 31.7 Å². The van der Waals surface area contributed by atoms with Gasteiger partial charge in [0.05, 0.1) is 0 Å². The lowest BCUT2D eigenvalue weighted by Crippen LogP contribution is -2.27. The van der Waals surface area contributed by atoms with Crippen LogP contribution in [0.2, 0.25) is 0 Å². The minimum Gasteiger partial charge on any atom is -0.386 e. The van der Waals surface area contributed by atoms with Gasteiger partial charge in [-0.2, -0.15) is 5.26 Å². The van der Waals surface area contributed by atoms with Gasteiger partial charge in [0.25, 0.3) is 5.91 Å². The molecule has 106 valence electrons. The van der Waals surface area contributed by atoms with E-state index in [4.69, 9.17) is 22.6 Å². The first-order chi connectivity index (χ1) is 9.71. The van der Waals surface area contributed by atoms with E-state index < -0.39 is 5.91 Å². The molecule has 6 heteroatoms. The summed E-state index contributed by atoms with van der Waals surface area (Å²) in [7, 11) is 0. The highest BCUT2D eigenvalue weighted by Crippen LogP contribution is 2.04. The molecule has 0 radical (unpaired) electrons. The Morgan fingerprint density at radius 1 is 1.45 bits per heavy atom. The molecule has 0 saturated heterocycles. The van der Waals surface area contributed by atoms with Gasteiger partial charge in [0.15, 0.2) is 0 Å². The summed E-state index contributed by atoms with van der Waals surface area (Å²) in [5, 5.41) is 14.4. The van der Waals surface area contributed by atoms with E-state index in [1.807, 2.05) is 30.3 Å². The number of halogens is 1. The van der Waals surface area contributed by atoms with Gasteiger partial charge in [0.2, 0.25) is 0 Å². The molecule has 0 heterocycles. The van der Waals surface area contributed by atoms with Crippen molar-refractivity contribution in [2.75, 3.05) is 12.4 Å². The van der Waals surface area contributed by atoms with E-state index in [0.29, 0.717) is 25.5 Å². The first-order valence-electron chi connectivity index (χ1n) is 6.17. The molecule has 1 amide bonds. The number of nitrogens with two attached hydrogens (primary N) is 1. The Morgan fingerprint density at radius 2 is 2.20 bits per heavy atom. The fourth-order valence-corrected chi connectivity index (χ4v) is 1.64. The van der Waals surface area contributed by atoms with Gasteiger partial charge in [-0.3, -0.25) is 4.79 Å². The number of hydrogen-bond donors (Lipinski definition) is 3. The average molecular weight is 293 g/mol. The average Bonchev–Trinajstić information content (AvgIpc) is 2.49. The molecule has 0 bridgehead atoms. The molecule has 0 unspecified atom stereocenters. The summed E-state index contributed by atoms with van der Waals surface area (Å²) in [6.45, 7) is 1.33. The van der Waals surface area contributed by atoms with Crippen molar-refractivity contribution in [2.45, 2.75) is 13.1 Å². The number of rotatable bonds is 7. The molecular weight excluding hydrogens is 276 g/mol. The van der Waals surface area contributed by atoms with E-state index in [1.54, 1.807) is 0 Å². The highest BCUT2D eigenvalue weighted by molar-refractivity contribution is 6.18. The van der Waals surface area contributed by atoms with Gasteiger partial charge < -0.3 is 16.4 Å². The second kappa shape index (κ2) is 8.97. The second-order valence-electron chi connectivity index (χ2n) is 4.02. The van der Waals surface area contributed by atoms with Crippen LogP contribution in [0.1, 0.15) is 11.1 Å².